The smallest absolute Gasteiger partial charge is 0.128 e. The van der Waals surface area contributed by atoms with Gasteiger partial charge in [-0.1, -0.05) is 24.6 Å². The quantitative estimate of drug-likeness (QED) is 0.823. The molecule has 1 aromatic carbocycles. The summed E-state index contributed by atoms with van der Waals surface area (Å²) in [6.07, 6.45) is 3.93. The molecule has 1 N–H and O–H groups in total. The zero-order valence-electron chi connectivity index (χ0n) is 16.2. The molecular formula is C20H30N4O2. The van der Waals surface area contributed by atoms with Crippen LogP contribution < -0.4 is 10.1 Å². The maximum absolute atomic E-state index is 6.13. The molecule has 1 aliphatic heterocycles. The molecule has 0 radical (unpaired) electrons. The number of methoxy groups -OCH3 is 1. The fraction of sp³-hybridized carbons (Fsp3) is 0.550. The van der Waals surface area contributed by atoms with Gasteiger partial charge < -0.3 is 19.4 Å². The average molecular weight is 358 g/mol. The summed E-state index contributed by atoms with van der Waals surface area (Å²) in [4.78, 5) is 7.04. The van der Waals surface area contributed by atoms with Crippen LogP contribution in [-0.2, 0) is 18.3 Å². The zero-order chi connectivity index (χ0) is 18.5. The van der Waals surface area contributed by atoms with Crippen molar-refractivity contribution >= 4 is 0 Å². The molecule has 2 atom stereocenters. The number of likely N-dealkylation sites (N-methyl/N-ethyl adjacent to an activating group) is 1. The number of hydrogen-bond donors (Lipinski definition) is 1. The molecule has 1 aliphatic rings. The van der Waals surface area contributed by atoms with Crippen molar-refractivity contribution in [1.29, 1.82) is 0 Å². The lowest BCUT2D eigenvalue weighted by atomic mass is 10.1. The van der Waals surface area contributed by atoms with Crippen molar-refractivity contribution < 1.29 is 9.47 Å². The van der Waals surface area contributed by atoms with Crippen molar-refractivity contribution in [2.45, 2.75) is 32.5 Å². The van der Waals surface area contributed by atoms with E-state index in [9.17, 15) is 0 Å². The van der Waals surface area contributed by atoms with Crippen molar-refractivity contribution in [2.24, 2.45) is 7.05 Å². The predicted molar refractivity (Wildman–Crippen MR) is 102 cm³/mol. The topological polar surface area (TPSA) is 51.6 Å². The van der Waals surface area contributed by atoms with Crippen LogP contribution in [0.15, 0.2) is 30.6 Å². The molecule has 6 heteroatoms. The number of aromatic nitrogens is 2. The monoisotopic (exact) mass is 358 g/mol. The zero-order valence-corrected chi connectivity index (χ0v) is 16.2. The van der Waals surface area contributed by atoms with Crippen LogP contribution in [0.2, 0.25) is 0 Å². The SMILES string of the molecule is CCN1CCO[C@@H](CNCc2cc(C)ccc2OC)[C@@H]1c1nccn1C. The molecule has 0 amide bonds. The van der Waals surface area contributed by atoms with Crippen molar-refractivity contribution in [3.63, 3.8) is 0 Å². The number of imidazole rings is 1. The Morgan fingerprint density at radius 3 is 2.92 bits per heavy atom. The lowest BCUT2D eigenvalue weighted by Gasteiger charge is -2.40. The van der Waals surface area contributed by atoms with E-state index in [-0.39, 0.29) is 12.1 Å². The maximum atomic E-state index is 6.13. The number of nitrogens with zero attached hydrogens (tertiary/aromatic N) is 3. The minimum Gasteiger partial charge on any atom is -0.496 e. The molecule has 1 saturated heterocycles. The highest BCUT2D eigenvalue weighted by Gasteiger charge is 2.35. The van der Waals surface area contributed by atoms with Crippen LogP contribution in [0.1, 0.15) is 29.9 Å². The van der Waals surface area contributed by atoms with E-state index in [2.05, 4.69) is 45.7 Å². The van der Waals surface area contributed by atoms with Gasteiger partial charge in [-0.05, 0) is 19.5 Å². The van der Waals surface area contributed by atoms with Crippen molar-refractivity contribution in [2.75, 3.05) is 33.4 Å². The van der Waals surface area contributed by atoms with Gasteiger partial charge in [-0.15, -0.1) is 0 Å². The molecule has 26 heavy (non-hydrogen) atoms. The van der Waals surface area contributed by atoms with Gasteiger partial charge in [-0.25, -0.2) is 4.98 Å². The summed E-state index contributed by atoms with van der Waals surface area (Å²) in [6, 6.07) is 6.44. The number of morpholine rings is 1. The first-order valence-electron chi connectivity index (χ1n) is 9.31. The number of benzene rings is 1. The molecule has 6 nitrogen and oxygen atoms in total. The Kier molecular flexibility index (Phi) is 6.29. The Hall–Kier alpha value is -1.89. The van der Waals surface area contributed by atoms with E-state index in [0.29, 0.717) is 0 Å². The Bertz CT molecular complexity index is 716. The molecule has 0 aliphatic carbocycles. The van der Waals surface area contributed by atoms with Gasteiger partial charge in [-0.2, -0.15) is 0 Å². The highest BCUT2D eigenvalue weighted by molar-refractivity contribution is 5.36. The van der Waals surface area contributed by atoms with Crippen molar-refractivity contribution in [1.82, 2.24) is 19.8 Å². The Balaban J connectivity index is 1.69. The third-order valence-corrected chi connectivity index (χ3v) is 5.08. The molecule has 142 valence electrons. The lowest BCUT2D eigenvalue weighted by molar-refractivity contribution is -0.0730. The third kappa shape index (κ3) is 4.09. The number of hydrogen-bond acceptors (Lipinski definition) is 5. The first-order valence-corrected chi connectivity index (χ1v) is 9.31. The van der Waals surface area contributed by atoms with Gasteiger partial charge in [0.2, 0.25) is 0 Å². The number of ether oxygens (including phenoxy) is 2. The largest absolute Gasteiger partial charge is 0.496 e. The van der Waals surface area contributed by atoms with Crippen molar-refractivity contribution in [3.8, 4) is 5.75 Å². The summed E-state index contributed by atoms with van der Waals surface area (Å²) in [5, 5.41) is 3.56. The average Bonchev–Trinajstić information content (AvgIpc) is 3.07. The molecule has 0 unspecified atom stereocenters. The third-order valence-electron chi connectivity index (χ3n) is 5.08. The summed E-state index contributed by atoms with van der Waals surface area (Å²) in [6.45, 7) is 8.51. The first-order chi connectivity index (χ1) is 12.6. The molecular weight excluding hydrogens is 328 g/mol. The molecule has 0 spiro atoms. The second-order valence-electron chi connectivity index (χ2n) is 6.83. The summed E-state index contributed by atoms with van der Waals surface area (Å²) < 4.78 is 13.7. The van der Waals surface area contributed by atoms with E-state index in [1.165, 1.54) is 11.1 Å². The van der Waals surface area contributed by atoms with E-state index in [4.69, 9.17) is 9.47 Å². The Morgan fingerprint density at radius 2 is 2.23 bits per heavy atom. The molecule has 1 fully saturated rings. The lowest BCUT2D eigenvalue weighted by Crippen LogP contribution is -2.49. The number of rotatable bonds is 7. The van der Waals surface area contributed by atoms with Gasteiger partial charge in [0.05, 0.1) is 25.9 Å². The predicted octanol–water partition coefficient (Wildman–Crippen LogP) is 2.29. The molecule has 3 rings (SSSR count). The van der Waals surface area contributed by atoms with Gasteiger partial charge in [0.25, 0.3) is 0 Å². The van der Waals surface area contributed by atoms with Crippen LogP contribution in [-0.4, -0.2) is 53.9 Å². The van der Waals surface area contributed by atoms with Crippen LogP contribution in [0.5, 0.6) is 5.75 Å². The van der Waals surface area contributed by atoms with Crippen LogP contribution in [0, 0.1) is 6.92 Å². The number of aryl methyl sites for hydroxylation is 2. The second kappa shape index (κ2) is 8.66. The molecule has 2 aromatic rings. The minimum atomic E-state index is 0.0700. The fourth-order valence-corrected chi connectivity index (χ4v) is 3.70. The van der Waals surface area contributed by atoms with Gasteiger partial charge in [0, 0.05) is 44.6 Å². The summed E-state index contributed by atoms with van der Waals surface area (Å²) in [7, 11) is 3.77. The fourth-order valence-electron chi connectivity index (χ4n) is 3.70. The van der Waals surface area contributed by atoms with Crippen LogP contribution >= 0.6 is 0 Å². The summed E-state index contributed by atoms with van der Waals surface area (Å²) in [5.41, 5.74) is 2.41. The highest BCUT2D eigenvalue weighted by atomic mass is 16.5. The maximum Gasteiger partial charge on any atom is 0.128 e. The molecule has 0 saturated carbocycles. The first kappa shape index (κ1) is 18.9. The normalized spacial score (nSPS) is 21.1. The van der Waals surface area contributed by atoms with Gasteiger partial charge in [-0.3, -0.25) is 4.90 Å². The summed E-state index contributed by atoms with van der Waals surface area (Å²) in [5.74, 6) is 1.98. The second-order valence-corrected chi connectivity index (χ2v) is 6.83. The van der Waals surface area contributed by atoms with Crippen LogP contribution in [0.3, 0.4) is 0 Å². The standard InChI is InChI=1S/C20H30N4O2/c1-5-24-10-11-26-18(19(24)20-22-8-9-23(20)3)14-21-13-16-12-15(2)6-7-17(16)25-4/h6-9,12,18-19,21H,5,10-11,13-14H2,1-4H3/t18-,19+/m0/s1. The molecule has 1 aromatic heterocycles. The van der Waals surface area contributed by atoms with E-state index in [1.54, 1.807) is 7.11 Å². The highest BCUT2D eigenvalue weighted by Crippen LogP contribution is 2.28. The molecule has 2 heterocycles. The van der Waals surface area contributed by atoms with Gasteiger partial charge >= 0.3 is 0 Å². The van der Waals surface area contributed by atoms with Gasteiger partial charge in [0.15, 0.2) is 0 Å². The van der Waals surface area contributed by atoms with Crippen LogP contribution in [0.4, 0.5) is 0 Å². The van der Waals surface area contributed by atoms with Gasteiger partial charge in [0.1, 0.15) is 11.6 Å². The van der Waals surface area contributed by atoms with Crippen LogP contribution in [0.25, 0.3) is 0 Å². The van der Waals surface area contributed by atoms with E-state index in [0.717, 1.165) is 44.4 Å². The Labute approximate surface area is 156 Å². The van der Waals surface area contributed by atoms with Crippen molar-refractivity contribution in [3.05, 3.63) is 47.5 Å². The minimum absolute atomic E-state index is 0.0700. The Morgan fingerprint density at radius 1 is 1.38 bits per heavy atom. The number of nitrogens with one attached hydrogen (secondary N) is 1. The van der Waals surface area contributed by atoms with E-state index in [1.807, 2.05) is 25.5 Å². The van der Waals surface area contributed by atoms with E-state index >= 15 is 0 Å². The summed E-state index contributed by atoms with van der Waals surface area (Å²) >= 11 is 0. The van der Waals surface area contributed by atoms with E-state index < -0.39 is 0 Å². The molecule has 0 bridgehead atoms.